The van der Waals surface area contributed by atoms with Gasteiger partial charge in [-0.1, -0.05) is 0 Å². The lowest BCUT2D eigenvalue weighted by molar-refractivity contribution is 0.866. The molecule has 0 aliphatic rings. The first kappa shape index (κ1) is 15.9. The van der Waals surface area contributed by atoms with Crippen LogP contribution in [0.1, 0.15) is 13.8 Å². The molecule has 4 heteroatoms. The maximum atomic E-state index is 5.59. The number of hydrogen-bond acceptors (Lipinski definition) is 2. The summed E-state index contributed by atoms with van der Waals surface area (Å²) in [7, 11) is 0. The summed E-state index contributed by atoms with van der Waals surface area (Å²) >= 11 is 0. The molecule has 0 saturated heterocycles. The van der Waals surface area contributed by atoms with Gasteiger partial charge < -0.3 is 10.6 Å². The monoisotopic (exact) mass is 236 g/mol. The van der Waals surface area contributed by atoms with Crippen LogP contribution in [-0.2, 0) is 0 Å². The Morgan fingerprint density at radius 1 is 1.00 bits per heavy atom. The number of benzene rings is 1. The number of nitrogen functional groups attached to an aromatic ring is 1. The molecule has 0 amide bonds. The normalized spacial score (nSPS) is 8.43. The maximum absolute atomic E-state index is 5.59. The first-order valence-corrected chi connectivity index (χ1v) is 4.38. The van der Waals surface area contributed by atoms with Crippen LogP contribution in [0.15, 0.2) is 24.3 Å². The molecule has 0 heterocycles. The molecule has 0 unspecified atom stereocenters. The van der Waals surface area contributed by atoms with Crippen molar-refractivity contribution in [3.8, 4) is 0 Å². The van der Waals surface area contributed by atoms with E-state index in [4.69, 9.17) is 5.73 Å². The third kappa shape index (κ3) is 4.07. The summed E-state index contributed by atoms with van der Waals surface area (Å²) in [5.74, 6) is 0. The van der Waals surface area contributed by atoms with Gasteiger partial charge in [-0.2, -0.15) is 0 Å². The van der Waals surface area contributed by atoms with E-state index in [-0.39, 0.29) is 24.8 Å². The number of nitrogens with zero attached hydrogens (tertiary/aromatic N) is 1. The maximum Gasteiger partial charge on any atom is 0.0367 e. The summed E-state index contributed by atoms with van der Waals surface area (Å²) < 4.78 is 0. The van der Waals surface area contributed by atoms with Crippen molar-refractivity contribution >= 4 is 36.2 Å². The Morgan fingerprint density at radius 3 is 1.79 bits per heavy atom. The average molecular weight is 237 g/mol. The minimum Gasteiger partial charge on any atom is -0.399 e. The van der Waals surface area contributed by atoms with E-state index in [0.717, 1.165) is 18.8 Å². The summed E-state index contributed by atoms with van der Waals surface area (Å²) in [6, 6.07) is 7.99. The van der Waals surface area contributed by atoms with Gasteiger partial charge in [0.25, 0.3) is 0 Å². The number of hydrogen-bond donors (Lipinski definition) is 1. The SMILES string of the molecule is CCN(CC)c1ccc(N)cc1.Cl.Cl. The van der Waals surface area contributed by atoms with Crippen LogP contribution in [0.2, 0.25) is 0 Å². The van der Waals surface area contributed by atoms with Crippen molar-refractivity contribution in [1.29, 1.82) is 0 Å². The van der Waals surface area contributed by atoms with Crippen LogP contribution in [0.5, 0.6) is 0 Å². The fraction of sp³-hybridized carbons (Fsp3) is 0.400. The number of halogens is 2. The minimum absolute atomic E-state index is 0. The summed E-state index contributed by atoms with van der Waals surface area (Å²) in [5.41, 5.74) is 7.66. The molecule has 1 aromatic rings. The van der Waals surface area contributed by atoms with E-state index in [0.29, 0.717) is 0 Å². The highest BCUT2D eigenvalue weighted by Gasteiger charge is 1.99. The molecule has 1 rings (SSSR count). The van der Waals surface area contributed by atoms with Gasteiger partial charge in [0.2, 0.25) is 0 Å². The Morgan fingerprint density at radius 2 is 1.43 bits per heavy atom. The standard InChI is InChI=1S/C10H16N2.2ClH/c1-3-12(4-2)10-7-5-9(11)6-8-10;;/h5-8H,3-4,11H2,1-2H3;2*1H. The number of rotatable bonds is 3. The lowest BCUT2D eigenvalue weighted by Gasteiger charge is -2.20. The topological polar surface area (TPSA) is 29.3 Å². The van der Waals surface area contributed by atoms with Crippen molar-refractivity contribution in [2.24, 2.45) is 0 Å². The zero-order valence-corrected chi connectivity index (χ0v) is 10.2. The number of nitrogens with two attached hydrogens (primary N) is 1. The lowest BCUT2D eigenvalue weighted by atomic mass is 10.2. The van der Waals surface area contributed by atoms with Crippen molar-refractivity contribution < 1.29 is 0 Å². The van der Waals surface area contributed by atoms with Gasteiger partial charge in [-0.15, -0.1) is 24.8 Å². The van der Waals surface area contributed by atoms with Gasteiger partial charge in [0, 0.05) is 24.5 Å². The van der Waals surface area contributed by atoms with Crippen molar-refractivity contribution in [3.63, 3.8) is 0 Å². The molecular formula is C10H18Cl2N2. The Balaban J connectivity index is 0. The molecular weight excluding hydrogens is 219 g/mol. The summed E-state index contributed by atoms with van der Waals surface area (Å²) in [6.07, 6.45) is 0. The van der Waals surface area contributed by atoms with E-state index in [1.54, 1.807) is 0 Å². The highest BCUT2D eigenvalue weighted by molar-refractivity contribution is 5.85. The lowest BCUT2D eigenvalue weighted by Crippen LogP contribution is -2.21. The third-order valence-electron chi connectivity index (χ3n) is 2.02. The molecule has 0 aliphatic heterocycles. The average Bonchev–Trinajstić information content (AvgIpc) is 2.10. The molecule has 0 spiro atoms. The summed E-state index contributed by atoms with van der Waals surface area (Å²) in [6.45, 7) is 6.39. The molecule has 0 bridgehead atoms. The highest BCUT2D eigenvalue weighted by Crippen LogP contribution is 2.15. The van der Waals surface area contributed by atoms with E-state index < -0.39 is 0 Å². The van der Waals surface area contributed by atoms with E-state index in [2.05, 4.69) is 30.9 Å². The van der Waals surface area contributed by atoms with Crippen molar-refractivity contribution in [3.05, 3.63) is 24.3 Å². The molecule has 0 atom stereocenters. The van der Waals surface area contributed by atoms with Crippen molar-refractivity contribution in [1.82, 2.24) is 0 Å². The molecule has 0 radical (unpaired) electrons. The molecule has 0 saturated carbocycles. The second-order valence-corrected chi connectivity index (χ2v) is 2.76. The molecule has 14 heavy (non-hydrogen) atoms. The first-order valence-electron chi connectivity index (χ1n) is 4.38. The van der Waals surface area contributed by atoms with Gasteiger partial charge in [0.05, 0.1) is 0 Å². The quantitative estimate of drug-likeness (QED) is 0.819. The first-order chi connectivity index (χ1) is 5.77. The zero-order valence-electron chi connectivity index (χ0n) is 8.56. The Kier molecular flexibility index (Phi) is 8.80. The van der Waals surface area contributed by atoms with Crippen LogP contribution >= 0.6 is 24.8 Å². The molecule has 1 aromatic carbocycles. The Hall–Kier alpha value is -0.600. The molecule has 0 aliphatic carbocycles. The Labute approximate surface area is 98.3 Å². The van der Waals surface area contributed by atoms with Gasteiger partial charge in [-0.3, -0.25) is 0 Å². The largest absolute Gasteiger partial charge is 0.399 e. The van der Waals surface area contributed by atoms with E-state index in [1.165, 1.54) is 5.69 Å². The van der Waals surface area contributed by atoms with Crippen LogP contribution < -0.4 is 10.6 Å². The van der Waals surface area contributed by atoms with Crippen LogP contribution in [0.4, 0.5) is 11.4 Å². The van der Waals surface area contributed by atoms with Crippen LogP contribution in [0.3, 0.4) is 0 Å². The molecule has 0 aromatic heterocycles. The molecule has 0 fully saturated rings. The fourth-order valence-corrected chi connectivity index (χ4v) is 1.27. The second kappa shape index (κ2) is 7.77. The van der Waals surface area contributed by atoms with Crippen molar-refractivity contribution in [2.45, 2.75) is 13.8 Å². The van der Waals surface area contributed by atoms with E-state index in [9.17, 15) is 0 Å². The van der Waals surface area contributed by atoms with Crippen LogP contribution in [0.25, 0.3) is 0 Å². The van der Waals surface area contributed by atoms with Gasteiger partial charge in [0.1, 0.15) is 0 Å². The zero-order chi connectivity index (χ0) is 8.97. The van der Waals surface area contributed by atoms with Crippen molar-refractivity contribution in [2.75, 3.05) is 23.7 Å². The van der Waals surface area contributed by atoms with Gasteiger partial charge in [0.15, 0.2) is 0 Å². The van der Waals surface area contributed by atoms with Crippen LogP contribution in [0, 0.1) is 0 Å². The number of anilines is 2. The van der Waals surface area contributed by atoms with Crippen LogP contribution in [-0.4, -0.2) is 13.1 Å². The van der Waals surface area contributed by atoms with E-state index >= 15 is 0 Å². The molecule has 2 N–H and O–H groups in total. The van der Waals surface area contributed by atoms with E-state index in [1.807, 2.05) is 12.1 Å². The Bertz CT molecular complexity index is 232. The third-order valence-corrected chi connectivity index (χ3v) is 2.02. The van der Waals surface area contributed by atoms with Gasteiger partial charge >= 0.3 is 0 Å². The minimum atomic E-state index is 0. The summed E-state index contributed by atoms with van der Waals surface area (Å²) in [4.78, 5) is 2.29. The molecule has 82 valence electrons. The second-order valence-electron chi connectivity index (χ2n) is 2.76. The van der Waals surface area contributed by atoms with Gasteiger partial charge in [-0.05, 0) is 38.1 Å². The molecule has 2 nitrogen and oxygen atoms in total. The summed E-state index contributed by atoms with van der Waals surface area (Å²) in [5, 5.41) is 0. The predicted molar refractivity (Wildman–Crippen MR) is 68.9 cm³/mol. The predicted octanol–water partition coefficient (Wildman–Crippen LogP) is 2.96. The van der Waals surface area contributed by atoms with Gasteiger partial charge in [-0.25, -0.2) is 0 Å². The highest BCUT2D eigenvalue weighted by atomic mass is 35.5. The smallest absolute Gasteiger partial charge is 0.0367 e. The fourth-order valence-electron chi connectivity index (χ4n) is 1.27.